The van der Waals surface area contributed by atoms with E-state index in [1.165, 1.54) is 11.3 Å². The standard InChI is InChI=1S/C17H17ClN2O2S/c18-15-7-6-14(23-15)17(22)20-10-8-19(9-11-20)16(21)12-13-4-2-1-3-5-13/h1-7H,8-12H2. The molecule has 1 aliphatic heterocycles. The molecule has 120 valence electrons. The van der Waals surface area contributed by atoms with Crippen LogP contribution >= 0.6 is 22.9 Å². The lowest BCUT2D eigenvalue weighted by Crippen LogP contribution is -2.50. The molecule has 0 bridgehead atoms. The molecule has 0 spiro atoms. The zero-order valence-electron chi connectivity index (χ0n) is 12.6. The molecule has 0 unspecified atom stereocenters. The van der Waals surface area contributed by atoms with Gasteiger partial charge in [-0.15, -0.1) is 11.3 Å². The molecule has 0 radical (unpaired) electrons. The SMILES string of the molecule is O=C(Cc1ccccc1)N1CCN(C(=O)c2ccc(Cl)s2)CC1. The Balaban J connectivity index is 1.54. The van der Waals surface area contributed by atoms with Gasteiger partial charge in [0.25, 0.3) is 5.91 Å². The van der Waals surface area contributed by atoms with Crippen LogP contribution in [-0.2, 0) is 11.2 Å². The molecule has 1 saturated heterocycles. The summed E-state index contributed by atoms with van der Waals surface area (Å²) >= 11 is 7.17. The summed E-state index contributed by atoms with van der Waals surface area (Å²) in [6.07, 6.45) is 0.412. The van der Waals surface area contributed by atoms with E-state index in [-0.39, 0.29) is 11.8 Å². The first-order valence-electron chi connectivity index (χ1n) is 7.50. The van der Waals surface area contributed by atoms with Crippen LogP contribution in [0.25, 0.3) is 0 Å². The Morgan fingerprint density at radius 1 is 0.957 bits per heavy atom. The second-order valence-corrected chi connectivity index (χ2v) is 7.15. The van der Waals surface area contributed by atoms with Crippen LogP contribution in [0, 0.1) is 0 Å². The highest BCUT2D eigenvalue weighted by Crippen LogP contribution is 2.23. The molecule has 2 amide bonds. The highest BCUT2D eigenvalue weighted by molar-refractivity contribution is 7.17. The molecule has 1 aromatic carbocycles. The molecular formula is C17H17ClN2O2S. The van der Waals surface area contributed by atoms with Crippen molar-refractivity contribution >= 4 is 34.8 Å². The fraction of sp³-hybridized carbons (Fsp3) is 0.294. The van der Waals surface area contributed by atoms with Crippen molar-refractivity contribution in [2.45, 2.75) is 6.42 Å². The highest BCUT2D eigenvalue weighted by atomic mass is 35.5. The van der Waals surface area contributed by atoms with Crippen molar-refractivity contribution in [3.63, 3.8) is 0 Å². The molecule has 0 atom stereocenters. The van der Waals surface area contributed by atoms with E-state index in [0.717, 1.165) is 5.56 Å². The molecule has 0 saturated carbocycles. The molecule has 1 aliphatic rings. The van der Waals surface area contributed by atoms with Crippen molar-refractivity contribution in [3.8, 4) is 0 Å². The molecule has 0 aliphatic carbocycles. The van der Waals surface area contributed by atoms with Gasteiger partial charge in [0.05, 0.1) is 15.6 Å². The Morgan fingerprint density at radius 3 is 2.22 bits per heavy atom. The molecule has 1 aromatic heterocycles. The van der Waals surface area contributed by atoms with Crippen molar-refractivity contribution in [1.29, 1.82) is 0 Å². The minimum atomic E-state index is -0.00272. The van der Waals surface area contributed by atoms with E-state index in [1.807, 2.05) is 35.2 Å². The maximum Gasteiger partial charge on any atom is 0.264 e. The van der Waals surface area contributed by atoms with E-state index < -0.39 is 0 Å². The van der Waals surface area contributed by atoms with Crippen LogP contribution in [0.2, 0.25) is 4.34 Å². The van der Waals surface area contributed by atoms with E-state index in [1.54, 1.807) is 17.0 Å². The molecular weight excluding hydrogens is 332 g/mol. The van der Waals surface area contributed by atoms with Crippen LogP contribution in [0.15, 0.2) is 42.5 Å². The summed E-state index contributed by atoms with van der Waals surface area (Å²) in [5.41, 5.74) is 1.02. The predicted octanol–water partition coefficient (Wildman–Crippen LogP) is 2.93. The first-order valence-corrected chi connectivity index (χ1v) is 8.69. The maximum absolute atomic E-state index is 12.4. The summed E-state index contributed by atoms with van der Waals surface area (Å²) < 4.78 is 0.616. The van der Waals surface area contributed by atoms with Crippen molar-refractivity contribution in [2.24, 2.45) is 0 Å². The second-order valence-electron chi connectivity index (χ2n) is 5.44. The van der Waals surface area contributed by atoms with Crippen LogP contribution in [0.3, 0.4) is 0 Å². The minimum Gasteiger partial charge on any atom is -0.339 e. The van der Waals surface area contributed by atoms with Gasteiger partial charge in [-0.25, -0.2) is 0 Å². The number of hydrogen-bond donors (Lipinski definition) is 0. The number of hydrogen-bond acceptors (Lipinski definition) is 3. The molecule has 4 nitrogen and oxygen atoms in total. The van der Waals surface area contributed by atoms with Gasteiger partial charge in [-0.05, 0) is 17.7 Å². The number of halogens is 1. The lowest BCUT2D eigenvalue weighted by molar-refractivity contribution is -0.131. The van der Waals surface area contributed by atoms with Crippen LogP contribution in [0.1, 0.15) is 15.2 Å². The van der Waals surface area contributed by atoms with E-state index in [4.69, 9.17) is 11.6 Å². The third-order valence-corrected chi connectivity index (χ3v) is 5.12. The largest absolute Gasteiger partial charge is 0.339 e. The van der Waals surface area contributed by atoms with Crippen LogP contribution in [0.5, 0.6) is 0 Å². The number of amides is 2. The summed E-state index contributed by atoms with van der Waals surface area (Å²) in [7, 11) is 0. The summed E-state index contributed by atoms with van der Waals surface area (Å²) in [6.45, 7) is 2.29. The zero-order chi connectivity index (χ0) is 16.2. The second kappa shape index (κ2) is 7.15. The van der Waals surface area contributed by atoms with Gasteiger partial charge in [0.1, 0.15) is 0 Å². The Labute approximate surface area is 144 Å². The Bertz CT molecular complexity index is 694. The fourth-order valence-electron chi connectivity index (χ4n) is 2.63. The van der Waals surface area contributed by atoms with Crippen LogP contribution in [0.4, 0.5) is 0 Å². The number of nitrogens with zero attached hydrogens (tertiary/aromatic N) is 2. The van der Waals surface area contributed by atoms with Gasteiger partial charge < -0.3 is 9.80 Å². The molecule has 0 N–H and O–H groups in total. The Hall–Kier alpha value is -1.85. The fourth-order valence-corrected chi connectivity index (χ4v) is 3.64. The highest BCUT2D eigenvalue weighted by Gasteiger charge is 2.25. The average Bonchev–Trinajstić information content (AvgIpc) is 3.02. The monoisotopic (exact) mass is 348 g/mol. The summed E-state index contributed by atoms with van der Waals surface area (Å²) in [4.78, 5) is 28.9. The quantitative estimate of drug-likeness (QED) is 0.855. The average molecular weight is 349 g/mol. The number of thiophene rings is 1. The van der Waals surface area contributed by atoms with Crippen LogP contribution in [-0.4, -0.2) is 47.8 Å². The number of piperazine rings is 1. The Morgan fingerprint density at radius 2 is 1.61 bits per heavy atom. The van der Waals surface area contributed by atoms with Gasteiger partial charge in [0.15, 0.2) is 0 Å². The van der Waals surface area contributed by atoms with Crippen molar-refractivity contribution in [1.82, 2.24) is 9.80 Å². The molecule has 3 rings (SSSR count). The van der Waals surface area contributed by atoms with Gasteiger partial charge >= 0.3 is 0 Å². The van der Waals surface area contributed by atoms with Crippen LogP contribution < -0.4 is 0 Å². The lowest BCUT2D eigenvalue weighted by atomic mass is 10.1. The van der Waals surface area contributed by atoms with E-state index in [9.17, 15) is 9.59 Å². The molecule has 6 heteroatoms. The number of carbonyl (C=O) groups excluding carboxylic acids is 2. The van der Waals surface area contributed by atoms with Gasteiger partial charge in [0.2, 0.25) is 5.91 Å². The van der Waals surface area contributed by atoms with Crippen molar-refractivity contribution in [3.05, 3.63) is 57.2 Å². The molecule has 23 heavy (non-hydrogen) atoms. The number of rotatable bonds is 3. The third kappa shape index (κ3) is 3.92. The first kappa shape index (κ1) is 16.0. The summed E-state index contributed by atoms with van der Waals surface area (Å²) in [6, 6.07) is 13.2. The summed E-state index contributed by atoms with van der Waals surface area (Å²) in [5, 5.41) is 0. The molecule has 2 heterocycles. The van der Waals surface area contributed by atoms with Gasteiger partial charge in [-0.3, -0.25) is 9.59 Å². The van der Waals surface area contributed by atoms with Gasteiger partial charge in [-0.1, -0.05) is 41.9 Å². The summed E-state index contributed by atoms with van der Waals surface area (Å²) in [5.74, 6) is 0.111. The lowest BCUT2D eigenvalue weighted by Gasteiger charge is -2.34. The smallest absolute Gasteiger partial charge is 0.264 e. The molecule has 2 aromatic rings. The maximum atomic E-state index is 12.4. The van der Waals surface area contributed by atoms with Gasteiger partial charge in [-0.2, -0.15) is 0 Å². The van der Waals surface area contributed by atoms with E-state index in [2.05, 4.69) is 0 Å². The van der Waals surface area contributed by atoms with Crippen molar-refractivity contribution in [2.75, 3.05) is 26.2 Å². The minimum absolute atomic E-state index is 0.00272. The predicted molar refractivity (Wildman–Crippen MR) is 92.0 cm³/mol. The molecule has 1 fully saturated rings. The normalized spacial score (nSPS) is 14.8. The zero-order valence-corrected chi connectivity index (χ0v) is 14.1. The number of carbonyl (C=O) groups is 2. The topological polar surface area (TPSA) is 40.6 Å². The van der Waals surface area contributed by atoms with E-state index >= 15 is 0 Å². The third-order valence-electron chi connectivity index (χ3n) is 3.90. The van der Waals surface area contributed by atoms with E-state index in [0.29, 0.717) is 41.8 Å². The first-order chi connectivity index (χ1) is 11.1. The van der Waals surface area contributed by atoms with Gasteiger partial charge in [0, 0.05) is 26.2 Å². The number of benzene rings is 1. The van der Waals surface area contributed by atoms with Crippen molar-refractivity contribution < 1.29 is 9.59 Å². The Kier molecular flexibility index (Phi) is 4.98.